The standard InChI is InChI=1S/C8H6N4O4/c9-11-10-8(13)16-5-6-1-3-7(4-2-6)12(14)15/h1-4H,5H2. The number of hydrogen-bond acceptors (Lipinski definition) is 4. The number of hydrogen-bond donors (Lipinski definition) is 0. The van der Waals surface area contributed by atoms with Crippen molar-refractivity contribution in [2.45, 2.75) is 6.61 Å². The molecule has 16 heavy (non-hydrogen) atoms. The fourth-order valence-electron chi connectivity index (χ4n) is 0.924. The van der Waals surface area contributed by atoms with Gasteiger partial charge in [-0.15, -0.1) is 0 Å². The number of nitro groups is 1. The van der Waals surface area contributed by atoms with Gasteiger partial charge in [-0.1, -0.05) is 0 Å². The van der Waals surface area contributed by atoms with E-state index in [2.05, 4.69) is 14.8 Å². The average molecular weight is 222 g/mol. The number of ether oxygens (including phenoxy) is 1. The Morgan fingerprint density at radius 2 is 2.12 bits per heavy atom. The molecule has 0 spiro atoms. The Morgan fingerprint density at radius 1 is 1.50 bits per heavy atom. The number of nitro benzene ring substituents is 1. The van der Waals surface area contributed by atoms with Gasteiger partial charge in [0.25, 0.3) is 5.69 Å². The van der Waals surface area contributed by atoms with E-state index in [1.807, 2.05) is 0 Å². The average Bonchev–Trinajstić information content (AvgIpc) is 2.27. The van der Waals surface area contributed by atoms with Crippen LogP contribution in [0.4, 0.5) is 10.5 Å². The third kappa shape index (κ3) is 3.28. The molecule has 0 bridgehead atoms. The second-order valence-corrected chi connectivity index (χ2v) is 2.67. The van der Waals surface area contributed by atoms with Gasteiger partial charge in [0, 0.05) is 22.2 Å². The first-order valence-corrected chi connectivity index (χ1v) is 4.08. The van der Waals surface area contributed by atoms with Crippen molar-refractivity contribution in [1.29, 1.82) is 0 Å². The van der Waals surface area contributed by atoms with Gasteiger partial charge >= 0.3 is 6.09 Å². The van der Waals surface area contributed by atoms with Gasteiger partial charge in [-0.2, -0.15) is 0 Å². The Hall–Kier alpha value is -2.60. The van der Waals surface area contributed by atoms with E-state index in [0.717, 1.165) is 0 Å². The van der Waals surface area contributed by atoms with Gasteiger partial charge in [0.1, 0.15) is 6.61 Å². The van der Waals surface area contributed by atoms with E-state index in [4.69, 9.17) is 5.53 Å². The lowest BCUT2D eigenvalue weighted by Crippen LogP contribution is -1.98. The molecule has 0 aliphatic carbocycles. The number of non-ortho nitro benzene ring substituents is 1. The largest absolute Gasteiger partial charge is 0.456 e. The second-order valence-electron chi connectivity index (χ2n) is 2.67. The summed E-state index contributed by atoms with van der Waals surface area (Å²) >= 11 is 0. The van der Waals surface area contributed by atoms with Crippen molar-refractivity contribution in [1.82, 2.24) is 0 Å². The van der Waals surface area contributed by atoms with Crippen LogP contribution >= 0.6 is 0 Å². The lowest BCUT2D eigenvalue weighted by molar-refractivity contribution is -0.384. The van der Waals surface area contributed by atoms with Crippen molar-refractivity contribution in [3.05, 3.63) is 50.4 Å². The molecule has 0 aliphatic rings. The maximum absolute atomic E-state index is 10.6. The molecule has 8 heteroatoms. The van der Waals surface area contributed by atoms with Gasteiger partial charge < -0.3 is 4.74 Å². The van der Waals surface area contributed by atoms with E-state index in [9.17, 15) is 14.9 Å². The minimum absolute atomic E-state index is 0.0508. The van der Waals surface area contributed by atoms with Gasteiger partial charge in [-0.05, 0) is 23.2 Å². The molecule has 8 nitrogen and oxygen atoms in total. The van der Waals surface area contributed by atoms with Gasteiger partial charge in [0.15, 0.2) is 0 Å². The molecule has 0 aliphatic heterocycles. The number of azide groups is 1. The van der Waals surface area contributed by atoms with Crippen molar-refractivity contribution in [3.63, 3.8) is 0 Å². The molecule has 0 unspecified atom stereocenters. The van der Waals surface area contributed by atoms with Gasteiger partial charge in [0.05, 0.1) is 4.92 Å². The van der Waals surface area contributed by atoms with E-state index >= 15 is 0 Å². The number of rotatable bonds is 3. The molecule has 0 N–H and O–H groups in total. The SMILES string of the molecule is [N-]=[N+]=NC(=O)OCc1ccc([N+](=O)[O-])cc1. The Balaban J connectivity index is 2.59. The van der Waals surface area contributed by atoms with Crippen LogP contribution in [0.2, 0.25) is 0 Å². The summed E-state index contributed by atoms with van der Waals surface area (Å²) in [4.78, 5) is 22.7. The molecular weight excluding hydrogens is 216 g/mol. The first-order chi connectivity index (χ1) is 7.63. The highest BCUT2D eigenvalue weighted by molar-refractivity contribution is 5.67. The summed E-state index contributed by atoms with van der Waals surface area (Å²) in [6, 6.07) is 5.47. The third-order valence-corrected chi connectivity index (χ3v) is 1.64. The van der Waals surface area contributed by atoms with E-state index < -0.39 is 11.0 Å². The van der Waals surface area contributed by atoms with Crippen molar-refractivity contribution >= 4 is 11.8 Å². The summed E-state index contributed by atoms with van der Waals surface area (Å²) < 4.78 is 4.54. The second kappa shape index (κ2) is 5.32. The lowest BCUT2D eigenvalue weighted by Gasteiger charge is -2.00. The van der Waals surface area contributed by atoms with E-state index in [1.165, 1.54) is 24.3 Å². The van der Waals surface area contributed by atoms with E-state index in [1.54, 1.807) is 0 Å². The van der Waals surface area contributed by atoms with Crippen LogP contribution in [0.5, 0.6) is 0 Å². The number of carbonyl (C=O) groups excluding carboxylic acids is 1. The highest BCUT2D eigenvalue weighted by Gasteiger charge is 2.05. The molecule has 1 aromatic rings. The predicted octanol–water partition coefficient (Wildman–Crippen LogP) is 2.54. The molecule has 0 aromatic heterocycles. The topological polar surface area (TPSA) is 118 Å². The number of amides is 1. The van der Waals surface area contributed by atoms with E-state index in [-0.39, 0.29) is 12.3 Å². The van der Waals surface area contributed by atoms with Crippen LogP contribution in [0.1, 0.15) is 5.56 Å². The zero-order chi connectivity index (χ0) is 12.0. The fourth-order valence-corrected chi connectivity index (χ4v) is 0.924. The van der Waals surface area contributed by atoms with Gasteiger partial charge in [-0.25, -0.2) is 4.79 Å². The molecule has 0 saturated carbocycles. The van der Waals surface area contributed by atoms with Crippen LogP contribution in [0.25, 0.3) is 10.4 Å². The number of carbonyl (C=O) groups is 1. The molecule has 1 amide bonds. The van der Waals surface area contributed by atoms with Crippen molar-refractivity contribution in [2.24, 2.45) is 5.11 Å². The van der Waals surface area contributed by atoms with Gasteiger partial charge in [-0.3, -0.25) is 10.1 Å². The Bertz CT molecular complexity index is 450. The highest BCUT2D eigenvalue weighted by atomic mass is 16.6. The summed E-state index contributed by atoms with van der Waals surface area (Å²) in [5.74, 6) is 0. The van der Waals surface area contributed by atoms with Crippen LogP contribution < -0.4 is 0 Å². The molecule has 82 valence electrons. The monoisotopic (exact) mass is 222 g/mol. The smallest absolute Gasteiger partial charge is 0.397 e. The molecule has 0 fully saturated rings. The molecular formula is C8H6N4O4. The Labute approximate surface area is 89.2 Å². The molecule has 0 saturated heterocycles. The van der Waals surface area contributed by atoms with Crippen LogP contribution in [0.15, 0.2) is 29.4 Å². The van der Waals surface area contributed by atoms with Crippen molar-refractivity contribution < 1.29 is 14.5 Å². The molecule has 0 heterocycles. The Kier molecular flexibility index (Phi) is 3.82. The third-order valence-electron chi connectivity index (χ3n) is 1.64. The summed E-state index contributed by atoms with van der Waals surface area (Å²) in [5, 5.41) is 13.0. The van der Waals surface area contributed by atoms with Crippen LogP contribution in [0.3, 0.4) is 0 Å². The molecule has 0 radical (unpaired) electrons. The zero-order valence-electron chi connectivity index (χ0n) is 7.94. The fraction of sp³-hybridized carbons (Fsp3) is 0.125. The highest BCUT2D eigenvalue weighted by Crippen LogP contribution is 2.12. The van der Waals surface area contributed by atoms with Crippen LogP contribution in [0, 0.1) is 10.1 Å². The maximum Gasteiger partial charge on any atom is 0.397 e. The quantitative estimate of drug-likeness (QED) is 0.256. The van der Waals surface area contributed by atoms with Gasteiger partial charge in [0.2, 0.25) is 0 Å². The van der Waals surface area contributed by atoms with Crippen LogP contribution in [-0.2, 0) is 11.3 Å². The normalized spacial score (nSPS) is 9.00. The van der Waals surface area contributed by atoms with Crippen molar-refractivity contribution in [2.75, 3.05) is 0 Å². The first-order valence-electron chi connectivity index (χ1n) is 4.08. The summed E-state index contributed by atoms with van der Waals surface area (Å²) in [6.45, 7) is -0.101. The number of nitrogens with zero attached hydrogens (tertiary/aromatic N) is 4. The summed E-state index contributed by atoms with van der Waals surface area (Å²) in [6.07, 6.45) is -1.04. The van der Waals surface area contributed by atoms with Crippen LogP contribution in [-0.4, -0.2) is 11.0 Å². The summed E-state index contributed by atoms with van der Waals surface area (Å²) in [7, 11) is 0. The summed E-state index contributed by atoms with van der Waals surface area (Å²) in [5.41, 5.74) is 8.43. The predicted molar refractivity (Wildman–Crippen MR) is 52.4 cm³/mol. The number of benzene rings is 1. The van der Waals surface area contributed by atoms with E-state index in [0.29, 0.717) is 5.56 Å². The zero-order valence-corrected chi connectivity index (χ0v) is 7.94. The maximum atomic E-state index is 10.6. The minimum atomic E-state index is -1.04. The lowest BCUT2D eigenvalue weighted by atomic mass is 10.2. The minimum Gasteiger partial charge on any atom is -0.456 e. The van der Waals surface area contributed by atoms with Crippen molar-refractivity contribution in [3.8, 4) is 0 Å². The molecule has 0 atom stereocenters. The first kappa shape index (κ1) is 11.5. The Morgan fingerprint density at radius 3 is 2.62 bits per heavy atom. The molecule has 1 aromatic carbocycles. The molecule has 1 rings (SSSR count).